The van der Waals surface area contributed by atoms with Crippen molar-refractivity contribution in [3.05, 3.63) is 142 Å². The smallest absolute Gasteiger partial charge is 0.166 e. The molecule has 0 fully saturated rings. The molecule has 4 aromatic carbocycles. The van der Waals surface area contributed by atoms with Gasteiger partial charge in [0, 0.05) is 0 Å². The fourth-order valence-electron chi connectivity index (χ4n) is 3.97. The Bertz CT molecular complexity index is 1320. The number of rotatable bonds is 5. The third-order valence-electron chi connectivity index (χ3n) is 6.11. The first kappa shape index (κ1) is 27.0. The van der Waals surface area contributed by atoms with Crippen molar-refractivity contribution in [2.75, 3.05) is 0 Å². The van der Waals surface area contributed by atoms with E-state index in [1.165, 1.54) is 24.3 Å². The fraction of sp³-hybridized carbons (Fsp3) is 0.125. The second-order valence-electron chi connectivity index (χ2n) is 9.09. The van der Waals surface area contributed by atoms with Crippen LogP contribution in [0.15, 0.2) is 97.1 Å². The highest BCUT2D eigenvalue weighted by atomic mass is 19.4. The van der Waals surface area contributed by atoms with Crippen LogP contribution in [0.4, 0.5) is 26.3 Å². The number of hydrogen-bond acceptors (Lipinski definition) is 0. The van der Waals surface area contributed by atoms with E-state index in [1.54, 1.807) is 0 Å². The molecule has 4 aromatic rings. The monoisotopic (exact) mass is 522 g/mol. The van der Waals surface area contributed by atoms with Gasteiger partial charge in [-0.3, -0.25) is 0 Å². The summed E-state index contributed by atoms with van der Waals surface area (Å²) in [5.41, 5.74) is 4.25. The molecular weight excluding hydrogens is 498 g/mol. The number of alkyl halides is 6. The minimum absolute atomic E-state index is 0.497. The summed E-state index contributed by atoms with van der Waals surface area (Å²) in [5, 5.41) is 0. The first-order chi connectivity index (χ1) is 17.9. The standard InChI is InChI=1S/C32H24F6/c1-21-3-7-23(8-4-21)19-29(25-11-15-27(16-12-25)31(33,34)35)30(20-24-9-5-22(2)6-10-24)26-13-17-28(18-14-26)32(36,37)38/h3-20H,1-2H3. The third kappa shape index (κ3) is 6.62. The molecule has 0 saturated heterocycles. The predicted octanol–water partition coefficient (Wildman–Crippen LogP) is 10.1. The van der Waals surface area contributed by atoms with E-state index in [0.717, 1.165) is 46.5 Å². The maximum Gasteiger partial charge on any atom is 0.416 e. The van der Waals surface area contributed by atoms with Gasteiger partial charge in [0.2, 0.25) is 0 Å². The summed E-state index contributed by atoms with van der Waals surface area (Å²) in [4.78, 5) is 0. The average molecular weight is 523 g/mol. The Morgan fingerprint density at radius 2 is 0.737 bits per heavy atom. The topological polar surface area (TPSA) is 0 Å². The molecule has 194 valence electrons. The van der Waals surface area contributed by atoms with E-state index < -0.39 is 23.5 Å². The quantitative estimate of drug-likeness (QED) is 0.139. The van der Waals surface area contributed by atoms with Crippen molar-refractivity contribution in [3.8, 4) is 0 Å². The molecule has 0 N–H and O–H groups in total. The van der Waals surface area contributed by atoms with Crippen LogP contribution in [0.1, 0.15) is 44.5 Å². The summed E-state index contributed by atoms with van der Waals surface area (Å²) < 4.78 is 79.6. The van der Waals surface area contributed by atoms with Crippen molar-refractivity contribution in [1.29, 1.82) is 0 Å². The molecule has 0 nitrogen and oxygen atoms in total. The van der Waals surface area contributed by atoms with Gasteiger partial charge in [-0.25, -0.2) is 0 Å². The van der Waals surface area contributed by atoms with Crippen molar-refractivity contribution < 1.29 is 26.3 Å². The summed E-state index contributed by atoms with van der Waals surface area (Å²) in [6, 6.07) is 24.8. The Labute approximate surface area is 217 Å². The van der Waals surface area contributed by atoms with Crippen LogP contribution in [0.2, 0.25) is 0 Å². The molecule has 0 atom stereocenters. The molecule has 0 bridgehead atoms. The van der Waals surface area contributed by atoms with E-state index in [1.807, 2.05) is 74.5 Å². The van der Waals surface area contributed by atoms with Crippen LogP contribution in [0, 0.1) is 13.8 Å². The summed E-state index contributed by atoms with van der Waals surface area (Å²) in [5.74, 6) is 0. The van der Waals surface area contributed by atoms with Gasteiger partial charge < -0.3 is 0 Å². The molecule has 0 unspecified atom stereocenters. The molecule has 0 aliphatic rings. The van der Waals surface area contributed by atoms with E-state index in [4.69, 9.17) is 0 Å². The second-order valence-corrected chi connectivity index (χ2v) is 9.09. The minimum atomic E-state index is -4.49. The van der Waals surface area contributed by atoms with Gasteiger partial charge in [0.1, 0.15) is 0 Å². The van der Waals surface area contributed by atoms with Gasteiger partial charge in [0.15, 0.2) is 0 Å². The zero-order valence-corrected chi connectivity index (χ0v) is 20.7. The lowest BCUT2D eigenvalue weighted by Crippen LogP contribution is -2.05. The molecule has 0 aliphatic carbocycles. The summed E-state index contributed by atoms with van der Waals surface area (Å²) >= 11 is 0. The lowest BCUT2D eigenvalue weighted by Gasteiger charge is -2.17. The maximum atomic E-state index is 13.3. The molecule has 0 aliphatic heterocycles. The van der Waals surface area contributed by atoms with Gasteiger partial charge in [-0.15, -0.1) is 0 Å². The maximum absolute atomic E-state index is 13.3. The normalized spacial score (nSPS) is 13.1. The first-order valence-corrected chi connectivity index (χ1v) is 11.8. The number of hydrogen-bond donors (Lipinski definition) is 0. The van der Waals surface area contributed by atoms with E-state index >= 15 is 0 Å². The van der Waals surface area contributed by atoms with Crippen LogP contribution < -0.4 is 0 Å². The van der Waals surface area contributed by atoms with Crippen LogP contribution in [-0.4, -0.2) is 0 Å². The molecule has 0 radical (unpaired) electrons. The zero-order valence-electron chi connectivity index (χ0n) is 20.7. The largest absolute Gasteiger partial charge is 0.416 e. The van der Waals surface area contributed by atoms with Gasteiger partial charge in [-0.05, 0) is 83.7 Å². The van der Waals surface area contributed by atoms with E-state index in [2.05, 4.69) is 0 Å². The SMILES string of the molecule is Cc1ccc(C=C(C(=Cc2ccc(C)cc2)c2ccc(C(F)(F)F)cc2)c2ccc(C(F)(F)F)cc2)cc1. The Hall–Kier alpha value is -4.06. The number of aryl methyl sites for hydroxylation is 2. The molecule has 6 heteroatoms. The summed E-state index contributed by atoms with van der Waals surface area (Å²) in [7, 11) is 0. The van der Waals surface area contributed by atoms with Crippen LogP contribution in [0.25, 0.3) is 23.3 Å². The highest BCUT2D eigenvalue weighted by molar-refractivity contribution is 6.15. The highest BCUT2D eigenvalue weighted by Gasteiger charge is 2.31. The van der Waals surface area contributed by atoms with Gasteiger partial charge >= 0.3 is 12.4 Å². The lowest BCUT2D eigenvalue weighted by molar-refractivity contribution is -0.138. The van der Waals surface area contributed by atoms with Crippen LogP contribution in [0.5, 0.6) is 0 Å². The van der Waals surface area contributed by atoms with Crippen molar-refractivity contribution in [3.63, 3.8) is 0 Å². The lowest BCUT2D eigenvalue weighted by atomic mass is 9.88. The summed E-state index contributed by atoms with van der Waals surface area (Å²) in [6.07, 6.45) is -5.32. The highest BCUT2D eigenvalue weighted by Crippen LogP contribution is 2.38. The average Bonchev–Trinajstić information content (AvgIpc) is 2.87. The molecule has 0 heterocycles. The van der Waals surface area contributed by atoms with Gasteiger partial charge in [0.05, 0.1) is 11.1 Å². The Morgan fingerprint density at radius 3 is 1.00 bits per heavy atom. The third-order valence-corrected chi connectivity index (χ3v) is 6.11. The van der Waals surface area contributed by atoms with E-state index in [9.17, 15) is 26.3 Å². The number of allylic oxidation sites excluding steroid dienone is 2. The molecule has 38 heavy (non-hydrogen) atoms. The Balaban J connectivity index is 1.94. The van der Waals surface area contributed by atoms with Crippen molar-refractivity contribution in [1.82, 2.24) is 0 Å². The molecular formula is C32H24F6. The van der Waals surface area contributed by atoms with E-state index in [-0.39, 0.29) is 0 Å². The minimum Gasteiger partial charge on any atom is -0.166 e. The van der Waals surface area contributed by atoms with Gasteiger partial charge in [-0.1, -0.05) is 83.9 Å². The van der Waals surface area contributed by atoms with E-state index in [0.29, 0.717) is 22.3 Å². The number of halogens is 6. The summed E-state index contributed by atoms with van der Waals surface area (Å²) in [6.45, 7) is 3.88. The fourth-order valence-corrected chi connectivity index (χ4v) is 3.97. The number of benzene rings is 4. The van der Waals surface area contributed by atoms with Crippen molar-refractivity contribution >= 4 is 23.3 Å². The zero-order chi connectivity index (χ0) is 27.5. The van der Waals surface area contributed by atoms with Crippen LogP contribution in [-0.2, 0) is 12.4 Å². The van der Waals surface area contributed by atoms with Crippen LogP contribution >= 0.6 is 0 Å². The predicted molar refractivity (Wildman–Crippen MR) is 141 cm³/mol. The van der Waals surface area contributed by atoms with Crippen molar-refractivity contribution in [2.24, 2.45) is 0 Å². The molecule has 0 spiro atoms. The molecule has 0 saturated carbocycles. The first-order valence-electron chi connectivity index (χ1n) is 11.8. The molecule has 4 rings (SSSR count). The van der Waals surface area contributed by atoms with Crippen LogP contribution in [0.3, 0.4) is 0 Å². The second kappa shape index (κ2) is 10.7. The molecule has 0 aromatic heterocycles. The van der Waals surface area contributed by atoms with Crippen molar-refractivity contribution in [2.45, 2.75) is 26.2 Å². The Kier molecular flexibility index (Phi) is 7.63. The van der Waals surface area contributed by atoms with Gasteiger partial charge in [0.25, 0.3) is 0 Å². The Morgan fingerprint density at radius 1 is 0.447 bits per heavy atom. The van der Waals surface area contributed by atoms with Gasteiger partial charge in [-0.2, -0.15) is 26.3 Å². The molecule has 0 amide bonds.